The van der Waals surface area contributed by atoms with E-state index in [2.05, 4.69) is 10.6 Å². The summed E-state index contributed by atoms with van der Waals surface area (Å²) in [6.45, 7) is 0.554. The third-order valence-electron chi connectivity index (χ3n) is 4.52. The molecule has 0 saturated carbocycles. The first-order valence-corrected chi connectivity index (χ1v) is 8.45. The molecule has 0 bridgehead atoms. The molecular weight excluding hydrogens is 346 g/mol. The van der Waals surface area contributed by atoms with Gasteiger partial charge in [0.1, 0.15) is 0 Å². The van der Waals surface area contributed by atoms with E-state index < -0.39 is 5.91 Å². The number of nitrogens with two attached hydrogens (primary N) is 1. The highest BCUT2D eigenvalue weighted by Gasteiger charge is 2.16. The molecule has 0 fully saturated rings. The lowest BCUT2D eigenvalue weighted by atomic mass is 10.1. The van der Waals surface area contributed by atoms with E-state index in [4.69, 9.17) is 22.6 Å². The zero-order chi connectivity index (χ0) is 18.3. The molecule has 0 aliphatic carbocycles. The van der Waals surface area contributed by atoms with Gasteiger partial charge in [0.05, 0.1) is 22.7 Å². The summed E-state index contributed by atoms with van der Waals surface area (Å²) in [4.78, 5) is 11.9. The molecule has 126 valence electrons. The number of carbonyl (C=O) groups is 1. The summed E-state index contributed by atoms with van der Waals surface area (Å²) in [5.74, 6) is -0.462. The summed E-state index contributed by atoms with van der Waals surface area (Å²) in [7, 11) is 0. The van der Waals surface area contributed by atoms with Crippen LogP contribution in [-0.2, 0) is 6.54 Å². The fourth-order valence-electron chi connectivity index (χ4n) is 3.41. The molecule has 4 rings (SSSR count). The van der Waals surface area contributed by atoms with Gasteiger partial charge in [-0.15, -0.1) is 0 Å². The first kappa shape index (κ1) is 16.2. The molecule has 26 heavy (non-hydrogen) atoms. The van der Waals surface area contributed by atoms with E-state index >= 15 is 0 Å². The Bertz CT molecular complexity index is 1220. The van der Waals surface area contributed by atoms with Gasteiger partial charge in [-0.05, 0) is 42.0 Å². The first-order chi connectivity index (χ1) is 12.6. The first-order valence-electron chi connectivity index (χ1n) is 8.08. The smallest absolute Gasteiger partial charge is 0.249 e. The highest BCUT2D eigenvalue weighted by atomic mass is 35.5. The van der Waals surface area contributed by atoms with Crippen molar-refractivity contribution in [1.29, 1.82) is 5.26 Å². The largest absolute Gasteiger partial charge is 0.366 e. The maximum Gasteiger partial charge on any atom is 0.249 e. The predicted molar refractivity (Wildman–Crippen MR) is 103 cm³/mol. The van der Waals surface area contributed by atoms with Crippen LogP contribution in [0.1, 0.15) is 21.5 Å². The van der Waals surface area contributed by atoms with Crippen LogP contribution in [0, 0.1) is 11.3 Å². The molecule has 0 saturated heterocycles. The molecule has 0 aliphatic rings. The molecule has 0 unspecified atom stereocenters. The van der Waals surface area contributed by atoms with Gasteiger partial charge in [-0.3, -0.25) is 4.79 Å². The Morgan fingerprint density at radius 1 is 1.08 bits per heavy atom. The number of fused-ring (bicyclic) bond motifs is 3. The molecule has 0 radical (unpaired) electrons. The van der Waals surface area contributed by atoms with Gasteiger partial charge in [0, 0.05) is 27.9 Å². The van der Waals surface area contributed by atoms with E-state index in [0.717, 1.165) is 27.4 Å². The number of aromatic nitrogens is 1. The Morgan fingerprint density at radius 3 is 2.65 bits per heavy atom. The molecular formula is C21H14ClN3O. The normalized spacial score (nSPS) is 10.9. The summed E-state index contributed by atoms with van der Waals surface area (Å²) >= 11 is 6.22. The highest BCUT2D eigenvalue weighted by molar-refractivity contribution is 6.32. The van der Waals surface area contributed by atoms with E-state index in [-0.39, 0.29) is 0 Å². The maximum atomic E-state index is 11.9. The van der Waals surface area contributed by atoms with Gasteiger partial charge < -0.3 is 10.3 Å². The Hall–Kier alpha value is -3.29. The second-order valence-electron chi connectivity index (χ2n) is 6.12. The number of nitriles is 1. The minimum atomic E-state index is -0.462. The molecule has 4 nitrogen and oxygen atoms in total. The third-order valence-corrected chi connectivity index (χ3v) is 4.75. The molecule has 2 N–H and O–H groups in total. The van der Waals surface area contributed by atoms with Crippen molar-refractivity contribution in [2.24, 2.45) is 5.73 Å². The van der Waals surface area contributed by atoms with Crippen LogP contribution in [-0.4, -0.2) is 10.5 Å². The quantitative estimate of drug-likeness (QED) is 0.586. The number of nitrogens with zero attached hydrogens (tertiary/aromatic N) is 2. The Labute approximate surface area is 155 Å². The van der Waals surface area contributed by atoms with Crippen LogP contribution < -0.4 is 5.73 Å². The number of primary amides is 1. The number of rotatable bonds is 3. The number of benzene rings is 3. The van der Waals surface area contributed by atoms with E-state index in [0.29, 0.717) is 22.7 Å². The van der Waals surface area contributed by atoms with Gasteiger partial charge in [0.15, 0.2) is 0 Å². The molecule has 3 aromatic carbocycles. The molecule has 1 heterocycles. The fraction of sp³-hybridized carbons (Fsp3) is 0.0476. The van der Waals surface area contributed by atoms with E-state index in [1.54, 1.807) is 12.1 Å². The van der Waals surface area contributed by atoms with Crippen molar-refractivity contribution in [1.82, 2.24) is 4.57 Å². The second-order valence-corrected chi connectivity index (χ2v) is 6.56. The average Bonchev–Trinajstić information content (AvgIpc) is 2.95. The SMILES string of the molecule is N#Cc1cccc(Cn2c3cc(Cl)ccc3c3c(C(N)=O)cccc32)c1. The van der Waals surface area contributed by atoms with E-state index in [1.807, 2.05) is 48.5 Å². The number of hydrogen-bond donors (Lipinski definition) is 1. The number of halogens is 1. The Kier molecular flexibility index (Phi) is 3.87. The monoisotopic (exact) mass is 359 g/mol. The van der Waals surface area contributed by atoms with Crippen LogP contribution >= 0.6 is 11.6 Å². The third kappa shape index (κ3) is 2.59. The molecule has 4 aromatic rings. The lowest BCUT2D eigenvalue weighted by Crippen LogP contribution is -2.11. The zero-order valence-corrected chi connectivity index (χ0v) is 14.5. The predicted octanol–water partition coefficient (Wildman–Crippen LogP) is 4.47. The minimum Gasteiger partial charge on any atom is -0.366 e. The molecule has 0 spiro atoms. The Balaban J connectivity index is 2.03. The van der Waals surface area contributed by atoms with Crippen LogP contribution in [0.5, 0.6) is 0 Å². The fourth-order valence-corrected chi connectivity index (χ4v) is 3.58. The number of hydrogen-bond acceptors (Lipinski definition) is 2. The highest BCUT2D eigenvalue weighted by Crippen LogP contribution is 2.33. The van der Waals surface area contributed by atoms with Crippen LogP contribution in [0.3, 0.4) is 0 Å². The number of carbonyl (C=O) groups excluding carboxylic acids is 1. The molecule has 0 atom stereocenters. The van der Waals surface area contributed by atoms with Crippen molar-refractivity contribution in [2.75, 3.05) is 0 Å². The van der Waals surface area contributed by atoms with Gasteiger partial charge in [-0.1, -0.05) is 35.9 Å². The van der Waals surface area contributed by atoms with Gasteiger partial charge >= 0.3 is 0 Å². The zero-order valence-electron chi connectivity index (χ0n) is 13.7. The molecule has 5 heteroatoms. The summed E-state index contributed by atoms with van der Waals surface area (Å²) in [5, 5.41) is 11.5. The van der Waals surface area contributed by atoms with Gasteiger partial charge in [0.2, 0.25) is 5.91 Å². The second kappa shape index (κ2) is 6.21. The van der Waals surface area contributed by atoms with Crippen molar-refractivity contribution in [2.45, 2.75) is 6.54 Å². The average molecular weight is 360 g/mol. The van der Waals surface area contributed by atoms with Crippen molar-refractivity contribution in [3.63, 3.8) is 0 Å². The standard InChI is InChI=1S/C21H14ClN3O/c22-15-7-8-16-19(10-15)25(12-14-4-1-3-13(9-14)11-23)18-6-2-5-17(20(16)18)21(24)26/h1-10H,12H2,(H2,24,26). The summed E-state index contributed by atoms with van der Waals surface area (Å²) in [6, 6.07) is 20.8. The number of amides is 1. The van der Waals surface area contributed by atoms with Crippen LogP contribution in [0.2, 0.25) is 5.02 Å². The van der Waals surface area contributed by atoms with Crippen molar-refractivity contribution in [3.05, 3.63) is 82.4 Å². The van der Waals surface area contributed by atoms with Gasteiger partial charge in [-0.2, -0.15) is 5.26 Å². The molecule has 1 aromatic heterocycles. The summed E-state index contributed by atoms with van der Waals surface area (Å²) in [6.07, 6.45) is 0. The van der Waals surface area contributed by atoms with E-state index in [9.17, 15) is 4.79 Å². The Morgan fingerprint density at radius 2 is 1.88 bits per heavy atom. The summed E-state index contributed by atoms with van der Waals surface area (Å²) < 4.78 is 2.10. The van der Waals surface area contributed by atoms with Gasteiger partial charge in [-0.25, -0.2) is 0 Å². The lowest BCUT2D eigenvalue weighted by molar-refractivity contribution is 0.100. The van der Waals surface area contributed by atoms with E-state index in [1.165, 1.54) is 0 Å². The maximum absolute atomic E-state index is 11.9. The lowest BCUT2D eigenvalue weighted by Gasteiger charge is -2.08. The van der Waals surface area contributed by atoms with Gasteiger partial charge in [0.25, 0.3) is 0 Å². The van der Waals surface area contributed by atoms with Crippen molar-refractivity contribution >= 4 is 39.3 Å². The minimum absolute atomic E-state index is 0.462. The summed E-state index contributed by atoms with van der Waals surface area (Å²) in [5.41, 5.74) is 9.50. The molecule has 1 amide bonds. The van der Waals surface area contributed by atoms with Crippen molar-refractivity contribution < 1.29 is 4.79 Å². The topological polar surface area (TPSA) is 71.8 Å². The van der Waals surface area contributed by atoms with Crippen LogP contribution in [0.25, 0.3) is 21.8 Å². The van der Waals surface area contributed by atoms with Crippen molar-refractivity contribution in [3.8, 4) is 6.07 Å². The van der Waals surface area contributed by atoms with Crippen LogP contribution in [0.4, 0.5) is 0 Å². The molecule has 0 aliphatic heterocycles. The van der Waals surface area contributed by atoms with Crippen LogP contribution in [0.15, 0.2) is 60.7 Å².